The molecule has 3 aromatic rings. The van der Waals surface area contributed by atoms with Crippen molar-refractivity contribution in [2.75, 3.05) is 6.54 Å². The van der Waals surface area contributed by atoms with Crippen molar-refractivity contribution in [3.63, 3.8) is 0 Å². The lowest BCUT2D eigenvalue weighted by Gasteiger charge is -2.06. The number of fused-ring (bicyclic) bond motifs is 1. The van der Waals surface area contributed by atoms with Crippen molar-refractivity contribution >= 4 is 33.4 Å². The van der Waals surface area contributed by atoms with Crippen LogP contribution < -0.4 is 5.32 Å². The molecular weight excluding hydrogens is 336 g/mol. The summed E-state index contributed by atoms with van der Waals surface area (Å²) >= 11 is 1.59. The first kappa shape index (κ1) is 17.1. The van der Waals surface area contributed by atoms with Crippen LogP contribution in [0.4, 0.5) is 0 Å². The predicted octanol–water partition coefficient (Wildman–Crippen LogP) is 3.09. The third-order valence-electron chi connectivity index (χ3n) is 3.58. The molecule has 0 bridgehead atoms. The number of hydrogen-bond acceptors (Lipinski definition) is 5. The number of amides is 1. The van der Waals surface area contributed by atoms with Crippen molar-refractivity contribution in [1.29, 1.82) is 0 Å². The maximum atomic E-state index is 11.9. The van der Waals surface area contributed by atoms with Gasteiger partial charge in [-0.1, -0.05) is 42.5 Å². The lowest BCUT2D eigenvalue weighted by atomic mass is 10.2. The van der Waals surface area contributed by atoms with E-state index in [1.807, 2.05) is 54.6 Å². The van der Waals surface area contributed by atoms with Gasteiger partial charge in [-0.05, 0) is 17.7 Å². The molecule has 1 heterocycles. The fourth-order valence-corrected chi connectivity index (χ4v) is 3.26. The van der Waals surface area contributed by atoms with E-state index in [4.69, 9.17) is 4.74 Å². The van der Waals surface area contributed by atoms with Gasteiger partial charge in [0.15, 0.2) is 0 Å². The highest BCUT2D eigenvalue weighted by atomic mass is 32.1. The van der Waals surface area contributed by atoms with Crippen LogP contribution in [0.1, 0.15) is 17.0 Å². The van der Waals surface area contributed by atoms with Gasteiger partial charge in [0.05, 0.1) is 15.2 Å². The summed E-state index contributed by atoms with van der Waals surface area (Å²) in [5.41, 5.74) is 1.87. The monoisotopic (exact) mass is 354 g/mol. The molecule has 0 spiro atoms. The Labute approximate surface area is 149 Å². The normalized spacial score (nSPS) is 10.6. The van der Waals surface area contributed by atoms with E-state index in [1.54, 1.807) is 11.3 Å². The Morgan fingerprint density at radius 1 is 1.04 bits per heavy atom. The largest absolute Gasteiger partial charge is 0.460 e. The summed E-state index contributed by atoms with van der Waals surface area (Å²) in [6.07, 6.45) is 0.857. The Balaban J connectivity index is 1.38. The van der Waals surface area contributed by atoms with E-state index in [9.17, 15) is 9.59 Å². The van der Waals surface area contributed by atoms with Crippen molar-refractivity contribution in [3.8, 4) is 0 Å². The van der Waals surface area contributed by atoms with Gasteiger partial charge in [-0.15, -0.1) is 11.3 Å². The highest BCUT2D eigenvalue weighted by Gasteiger charge is 2.09. The van der Waals surface area contributed by atoms with Gasteiger partial charge in [-0.3, -0.25) is 9.59 Å². The molecule has 128 valence electrons. The van der Waals surface area contributed by atoms with Crippen molar-refractivity contribution in [2.45, 2.75) is 19.4 Å². The lowest BCUT2D eigenvalue weighted by molar-refractivity contribution is -0.145. The smallest absolute Gasteiger partial charge is 0.325 e. The topological polar surface area (TPSA) is 68.3 Å². The molecular formula is C19H18N2O3S. The number of nitrogens with zero attached hydrogens (tertiary/aromatic N) is 1. The van der Waals surface area contributed by atoms with Crippen LogP contribution in [0.2, 0.25) is 0 Å². The highest BCUT2D eigenvalue weighted by Crippen LogP contribution is 2.22. The average Bonchev–Trinajstić information content (AvgIpc) is 3.07. The van der Waals surface area contributed by atoms with Crippen LogP contribution in [0.3, 0.4) is 0 Å². The van der Waals surface area contributed by atoms with Crippen LogP contribution in [0.25, 0.3) is 10.2 Å². The number of nitrogens with one attached hydrogen (secondary N) is 1. The Kier molecular flexibility index (Phi) is 5.74. The summed E-state index contributed by atoms with van der Waals surface area (Å²) in [6.45, 7) is 0.0900. The second-order valence-electron chi connectivity index (χ2n) is 5.50. The molecule has 0 unspecified atom stereocenters. The molecule has 0 aliphatic heterocycles. The van der Waals surface area contributed by atoms with Crippen LogP contribution in [-0.4, -0.2) is 23.4 Å². The van der Waals surface area contributed by atoms with Gasteiger partial charge in [0.2, 0.25) is 5.91 Å². The van der Waals surface area contributed by atoms with Gasteiger partial charge < -0.3 is 10.1 Å². The molecule has 0 atom stereocenters. The number of aromatic nitrogens is 1. The van der Waals surface area contributed by atoms with Crippen LogP contribution in [0.15, 0.2) is 54.6 Å². The maximum Gasteiger partial charge on any atom is 0.325 e. The number of rotatable bonds is 7. The van der Waals surface area contributed by atoms with Crippen molar-refractivity contribution in [3.05, 3.63) is 65.2 Å². The van der Waals surface area contributed by atoms with E-state index in [0.29, 0.717) is 12.8 Å². The van der Waals surface area contributed by atoms with E-state index in [2.05, 4.69) is 10.3 Å². The van der Waals surface area contributed by atoms with Gasteiger partial charge in [0.1, 0.15) is 13.2 Å². The van der Waals surface area contributed by atoms with Crippen molar-refractivity contribution < 1.29 is 14.3 Å². The minimum Gasteiger partial charge on any atom is -0.460 e. The second-order valence-corrected chi connectivity index (χ2v) is 6.61. The van der Waals surface area contributed by atoms with Crippen LogP contribution in [0.5, 0.6) is 0 Å². The zero-order chi connectivity index (χ0) is 17.5. The van der Waals surface area contributed by atoms with E-state index < -0.39 is 5.97 Å². The van der Waals surface area contributed by atoms with Crippen molar-refractivity contribution in [1.82, 2.24) is 10.3 Å². The third-order valence-corrected chi connectivity index (χ3v) is 4.67. The Morgan fingerprint density at radius 3 is 2.60 bits per heavy atom. The molecule has 1 amide bonds. The molecule has 6 heteroatoms. The summed E-state index contributed by atoms with van der Waals surface area (Å²) < 4.78 is 6.23. The summed E-state index contributed by atoms with van der Waals surface area (Å²) in [5.74, 6) is -0.631. The van der Waals surface area contributed by atoms with E-state index in [0.717, 1.165) is 20.8 Å². The van der Waals surface area contributed by atoms with E-state index in [-0.39, 0.29) is 19.1 Å². The Morgan fingerprint density at radius 2 is 1.80 bits per heavy atom. The number of para-hydroxylation sites is 1. The number of carbonyl (C=O) groups is 2. The molecule has 0 radical (unpaired) electrons. The van der Waals surface area contributed by atoms with Crippen LogP contribution in [0, 0.1) is 0 Å². The number of carbonyl (C=O) groups excluding carboxylic acids is 2. The molecule has 0 saturated carbocycles. The summed E-state index contributed by atoms with van der Waals surface area (Å²) in [7, 11) is 0. The maximum absolute atomic E-state index is 11.9. The Bertz CT molecular complexity index is 828. The molecule has 0 saturated heterocycles. The highest BCUT2D eigenvalue weighted by molar-refractivity contribution is 7.18. The third kappa shape index (κ3) is 5.12. The molecule has 5 nitrogen and oxygen atoms in total. The minimum absolute atomic E-state index is 0.120. The molecule has 0 aliphatic carbocycles. The van der Waals surface area contributed by atoms with E-state index >= 15 is 0 Å². The molecule has 0 aliphatic rings. The number of aryl methyl sites for hydroxylation is 1. The number of esters is 1. The molecule has 25 heavy (non-hydrogen) atoms. The first-order valence-corrected chi connectivity index (χ1v) is 8.83. The van der Waals surface area contributed by atoms with Gasteiger partial charge >= 0.3 is 5.97 Å². The van der Waals surface area contributed by atoms with Gasteiger partial charge in [0, 0.05) is 12.8 Å². The van der Waals surface area contributed by atoms with Crippen LogP contribution in [-0.2, 0) is 27.4 Å². The molecule has 1 N–H and O–H groups in total. The van der Waals surface area contributed by atoms with Crippen LogP contribution >= 0.6 is 11.3 Å². The van der Waals surface area contributed by atoms with Gasteiger partial charge in [-0.25, -0.2) is 4.98 Å². The molecule has 0 fully saturated rings. The fraction of sp³-hybridized carbons (Fsp3) is 0.211. The zero-order valence-electron chi connectivity index (χ0n) is 13.6. The Hall–Kier alpha value is -2.73. The number of ether oxygens (including phenoxy) is 1. The average molecular weight is 354 g/mol. The molecule has 3 rings (SSSR count). The first-order valence-electron chi connectivity index (χ1n) is 8.01. The van der Waals surface area contributed by atoms with Crippen molar-refractivity contribution in [2.24, 2.45) is 0 Å². The quantitative estimate of drug-likeness (QED) is 0.662. The fourth-order valence-electron chi connectivity index (χ4n) is 2.30. The number of thiazole rings is 1. The van der Waals surface area contributed by atoms with E-state index in [1.165, 1.54) is 0 Å². The number of benzene rings is 2. The lowest BCUT2D eigenvalue weighted by Crippen LogP contribution is -2.30. The SMILES string of the molecule is O=C(CCc1nc2ccccc2s1)NCC(=O)OCc1ccccc1. The predicted molar refractivity (Wildman–Crippen MR) is 97.2 cm³/mol. The molecule has 1 aromatic heterocycles. The summed E-state index contributed by atoms with van der Waals surface area (Å²) in [5, 5.41) is 3.51. The van der Waals surface area contributed by atoms with Gasteiger partial charge in [-0.2, -0.15) is 0 Å². The first-order chi connectivity index (χ1) is 12.2. The minimum atomic E-state index is -0.447. The second kappa shape index (κ2) is 8.39. The standard InChI is InChI=1S/C19H18N2O3S/c22-17(10-11-18-21-15-8-4-5-9-16(15)25-18)20-12-19(23)24-13-14-6-2-1-3-7-14/h1-9H,10-13H2,(H,20,22). The molecule has 2 aromatic carbocycles. The van der Waals surface area contributed by atoms with Gasteiger partial charge in [0.25, 0.3) is 0 Å². The summed E-state index contributed by atoms with van der Waals surface area (Å²) in [6, 6.07) is 17.3. The zero-order valence-corrected chi connectivity index (χ0v) is 14.4. The number of hydrogen-bond donors (Lipinski definition) is 1. The summed E-state index contributed by atoms with van der Waals surface area (Å²) in [4.78, 5) is 28.0.